The van der Waals surface area contributed by atoms with Crippen LogP contribution in [0.5, 0.6) is 0 Å². The van der Waals surface area contributed by atoms with Crippen molar-refractivity contribution in [1.82, 2.24) is 19.1 Å². The fraction of sp³-hybridized carbons (Fsp3) is 0.238. The Morgan fingerprint density at radius 2 is 2.03 bits per heavy atom. The number of nitrogens with zero attached hydrogens (tertiary/aromatic N) is 6. The summed E-state index contributed by atoms with van der Waals surface area (Å²) in [6, 6.07) is 10.0. The maximum Gasteiger partial charge on any atom is 0.226 e. The summed E-state index contributed by atoms with van der Waals surface area (Å²) in [5.41, 5.74) is 5.00. The second-order valence-electron chi connectivity index (χ2n) is 7.51. The number of hydrogen-bond donors (Lipinski definition) is 0. The molecule has 0 saturated carbocycles. The van der Waals surface area contributed by atoms with Crippen LogP contribution in [0.3, 0.4) is 0 Å². The lowest BCUT2D eigenvalue weighted by atomic mass is 9.84. The third-order valence-corrected chi connectivity index (χ3v) is 5.98. The number of pyridine rings is 2. The van der Waals surface area contributed by atoms with Gasteiger partial charge in [-0.2, -0.15) is 5.26 Å². The van der Waals surface area contributed by atoms with Crippen molar-refractivity contribution in [3.05, 3.63) is 58.5 Å². The van der Waals surface area contributed by atoms with Gasteiger partial charge in [0.2, 0.25) is 11.8 Å². The van der Waals surface area contributed by atoms with Crippen LogP contribution in [-0.4, -0.2) is 32.3 Å². The van der Waals surface area contributed by atoms with Crippen LogP contribution >= 0.6 is 15.9 Å². The largest absolute Gasteiger partial charge is 0.379 e. The van der Waals surface area contributed by atoms with Crippen LogP contribution < -0.4 is 5.62 Å². The lowest BCUT2D eigenvalue weighted by Crippen LogP contribution is -2.44. The molecule has 7 nitrogen and oxygen atoms in total. The van der Waals surface area contributed by atoms with E-state index in [2.05, 4.69) is 32.8 Å². The Morgan fingerprint density at radius 1 is 1.21 bits per heavy atom. The molecular formula is C21H17BrN6O. The van der Waals surface area contributed by atoms with E-state index in [1.165, 1.54) is 0 Å². The zero-order valence-electron chi connectivity index (χ0n) is 15.9. The van der Waals surface area contributed by atoms with E-state index in [0.717, 1.165) is 37.8 Å². The molecule has 1 aliphatic rings. The molecule has 0 amide bonds. The summed E-state index contributed by atoms with van der Waals surface area (Å²) in [6.07, 6.45) is 5.57. The average Bonchev–Trinajstić information content (AvgIpc) is 2.99. The van der Waals surface area contributed by atoms with E-state index in [9.17, 15) is 5.26 Å². The summed E-state index contributed by atoms with van der Waals surface area (Å²) in [6.45, 7) is 3.51. The van der Waals surface area contributed by atoms with E-state index < -0.39 is 0 Å². The normalized spacial score (nSPS) is 16.1. The van der Waals surface area contributed by atoms with Crippen LogP contribution in [0.15, 0.2) is 52.2 Å². The molecule has 4 aromatic rings. The van der Waals surface area contributed by atoms with Crippen molar-refractivity contribution >= 4 is 37.9 Å². The number of imidazole rings is 1. The lowest BCUT2D eigenvalue weighted by Gasteiger charge is -2.37. The highest BCUT2D eigenvalue weighted by Crippen LogP contribution is 2.31. The molecular weight excluding hydrogens is 432 g/mol. The predicted octanol–water partition coefficient (Wildman–Crippen LogP) is 3.34. The first kappa shape index (κ1) is 18.0. The van der Waals surface area contributed by atoms with Gasteiger partial charge in [-0.05, 0) is 37.3 Å². The fourth-order valence-corrected chi connectivity index (χ4v) is 4.19. The number of rotatable bonds is 2. The maximum absolute atomic E-state index is 9.29. The Bertz CT molecular complexity index is 1370. The molecule has 0 N–H and O–H groups in total. The van der Waals surface area contributed by atoms with Gasteiger partial charge in [0, 0.05) is 16.9 Å². The van der Waals surface area contributed by atoms with E-state index in [1.807, 2.05) is 65.1 Å². The van der Waals surface area contributed by atoms with E-state index in [0.29, 0.717) is 18.8 Å². The molecule has 8 heteroatoms. The molecule has 0 unspecified atom stereocenters. The number of hydrogen-bond acceptors (Lipinski definition) is 5. The van der Waals surface area contributed by atoms with E-state index in [-0.39, 0.29) is 5.41 Å². The predicted molar refractivity (Wildman–Crippen MR) is 112 cm³/mol. The molecule has 1 saturated heterocycles. The smallest absolute Gasteiger partial charge is 0.226 e. The minimum Gasteiger partial charge on any atom is -0.379 e. The molecule has 3 aromatic heterocycles. The van der Waals surface area contributed by atoms with Gasteiger partial charge >= 0.3 is 0 Å². The summed E-state index contributed by atoms with van der Waals surface area (Å²) >= 11 is 3.56. The van der Waals surface area contributed by atoms with Gasteiger partial charge in [0.25, 0.3) is 0 Å². The molecule has 0 atom stereocenters. The number of aryl methyl sites for hydroxylation is 1. The molecule has 1 fully saturated rings. The van der Waals surface area contributed by atoms with Crippen molar-refractivity contribution < 1.29 is 4.74 Å². The van der Waals surface area contributed by atoms with Crippen LogP contribution in [0.2, 0.25) is 0 Å². The zero-order valence-corrected chi connectivity index (χ0v) is 17.5. The monoisotopic (exact) mass is 448 g/mol. The van der Waals surface area contributed by atoms with E-state index in [1.54, 1.807) is 0 Å². The first-order valence-electron chi connectivity index (χ1n) is 9.15. The van der Waals surface area contributed by atoms with Crippen LogP contribution in [-0.2, 0) is 17.2 Å². The van der Waals surface area contributed by atoms with Crippen LogP contribution in [0.1, 0.15) is 12.6 Å². The molecule has 0 bridgehead atoms. The molecule has 0 spiro atoms. The molecule has 1 aliphatic heterocycles. The first-order chi connectivity index (χ1) is 14.0. The van der Waals surface area contributed by atoms with Gasteiger partial charge in [-0.1, -0.05) is 15.9 Å². The van der Waals surface area contributed by atoms with Gasteiger partial charge in [-0.15, -0.1) is 4.99 Å². The number of aromatic nitrogens is 4. The SMILES string of the molecule is Cn1/c(=N/C#N)n(-c2ccc(C3(C)COC3)nc2)c2c3cc(Br)ccc3ncc21. The lowest BCUT2D eigenvalue weighted by molar-refractivity contribution is -0.0520. The fourth-order valence-electron chi connectivity index (χ4n) is 3.82. The van der Waals surface area contributed by atoms with E-state index in [4.69, 9.17) is 9.72 Å². The minimum atomic E-state index is -0.0384. The highest BCUT2D eigenvalue weighted by Gasteiger charge is 2.36. The van der Waals surface area contributed by atoms with Crippen molar-refractivity contribution in [2.24, 2.45) is 12.0 Å². The third-order valence-electron chi connectivity index (χ3n) is 5.48. The molecule has 5 rings (SSSR count). The first-order valence-corrected chi connectivity index (χ1v) is 9.94. The van der Waals surface area contributed by atoms with Gasteiger partial charge in [-0.3, -0.25) is 14.5 Å². The second kappa shape index (κ2) is 6.51. The van der Waals surface area contributed by atoms with Gasteiger partial charge in [0.05, 0.1) is 59.0 Å². The summed E-state index contributed by atoms with van der Waals surface area (Å²) < 4.78 is 10.2. The van der Waals surface area contributed by atoms with Crippen molar-refractivity contribution in [1.29, 1.82) is 5.26 Å². The summed E-state index contributed by atoms with van der Waals surface area (Å²) in [4.78, 5) is 13.4. The number of ether oxygens (including phenoxy) is 1. The molecule has 29 heavy (non-hydrogen) atoms. The number of benzene rings is 1. The van der Waals surface area contributed by atoms with Crippen molar-refractivity contribution in [3.8, 4) is 11.9 Å². The average molecular weight is 449 g/mol. The Labute approximate surface area is 175 Å². The zero-order chi connectivity index (χ0) is 20.2. The standard InChI is InChI=1S/C21H17BrN6O/c1-21(10-29-11-21)18-6-4-14(8-25-18)28-19-15-7-13(22)3-5-16(15)24-9-17(19)27(2)20(28)26-12-23/h3-9H,10-11H2,1-2H3/b26-20-. The second-order valence-corrected chi connectivity index (χ2v) is 8.43. The van der Waals surface area contributed by atoms with Crippen molar-refractivity contribution in [3.63, 3.8) is 0 Å². The Kier molecular flexibility index (Phi) is 4.05. The van der Waals surface area contributed by atoms with Gasteiger partial charge in [-0.25, -0.2) is 0 Å². The van der Waals surface area contributed by atoms with Crippen molar-refractivity contribution in [2.75, 3.05) is 13.2 Å². The highest BCUT2D eigenvalue weighted by atomic mass is 79.9. The molecule has 4 heterocycles. The summed E-state index contributed by atoms with van der Waals surface area (Å²) in [5, 5.41) is 10.3. The number of fused-ring (bicyclic) bond motifs is 3. The molecule has 1 aromatic carbocycles. The van der Waals surface area contributed by atoms with E-state index >= 15 is 0 Å². The van der Waals surface area contributed by atoms with Gasteiger partial charge < -0.3 is 9.30 Å². The summed E-state index contributed by atoms with van der Waals surface area (Å²) in [7, 11) is 1.88. The Balaban J connectivity index is 1.84. The van der Waals surface area contributed by atoms with Crippen LogP contribution in [0, 0.1) is 11.5 Å². The number of nitriles is 1. The maximum atomic E-state index is 9.29. The Hall–Kier alpha value is -3.02. The van der Waals surface area contributed by atoms with Gasteiger partial charge in [0.15, 0.2) is 0 Å². The quantitative estimate of drug-likeness (QED) is 0.440. The van der Waals surface area contributed by atoms with Crippen LogP contribution in [0.25, 0.3) is 27.6 Å². The molecule has 0 radical (unpaired) electrons. The van der Waals surface area contributed by atoms with Gasteiger partial charge in [0.1, 0.15) is 0 Å². The summed E-state index contributed by atoms with van der Waals surface area (Å²) in [5.74, 6) is 0. The van der Waals surface area contributed by atoms with Crippen LogP contribution in [0.4, 0.5) is 0 Å². The molecule has 144 valence electrons. The topological polar surface area (TPSA) is 81.0 Å². The highest BCUT2D eigenvalue weighted by molar-refractivity contribution is 9.10. The minimum absolute atomic E-state index is 0.0384. The third kappa shape index (κ3) is 2.69. The molecule has 0 aliphatic carbocycles. The number of halogens is 1. The van der Waals surface area contributed by atoms with Crippen molar-refractivity contribution in [2.45, 2.75) is 12.3 Å². The Morgan fingerprint density at radius 3 is 2.69 bits per heavy atom.